The second kappa shape index (κ2) is 5.95. The third kappa shape index (κ3) is 3.40. The molecule has 0 spiro atoms. The zero-order valence-electron chi connectivity index (χ0n) is 10.1. The van der Waals surface area contributed by atoms with Gasteiger partial charge in [0.1, 0.15) is 5.76 Å². The lowest BCUT2D eigenvalue weighted by Gasteiger charge is -2.04. The van der Waals surface area contributed by atoms with Crippen molar-refractivity contribution in [3.63, 3.8) is 0 Å². The van der Waals surface area contributed by atoms with Gasteiger partial charge in [-0.25, -0.2) is 0 Å². The first-order valence-electron chi connectivity index (χ1n) is 5.56. The Labute approximate surface area is 120 Å². The highest BCUT2D eigenvalue weighted by atomic mass is 35.5. The number of carbonyl (C=O) groups excluding carboxylic acids is 1. The third-order valence-corrected chi connectivity index (χ3v) is 3.23. The Hall–Kier alpha value is -1.71. The minimum atomic E-state index is -0.223. The van der Waals surface area contributed by atoms with Crippen LogP contribution in [0.2, 0.25) is 10.0 Å². The van der Waals surface area contributed by atoms with Crippen LogP contribution in [-0.2, 0) is 0 Å². The molecule has 0 aliphatic carbocycles. The van der Waals surface area contributed by atoms with Crippen LogP contribution < -0.4 is 5.32 Å². The molecule has 0 bridgehead atoms. The topological polar surface area (TPSA) is 42.2 Å². The molecule has 0 radical (unpaired) electrons. The predicted octanol–water partition coefficient (Wildman–Crippen LogP) is 4.70. The number of halogens is 2. The number of hydrogen-bond acceptors (Lipinski definition) is 3. The van der Waals surface area contributed by atoms with E-state index in [1.54, 1.807) is 37.3 Å². The van der Waals surface area contributed by atoms with E-state index in [-0.39, 0.29) is 5.78 Å². The molecule has 19 heavy (non-hydrogen) atoms. The molecule has 0 atom stereocenters. The zero-order chi connectivity index (χ0) is 13.8. The molecule has 0 amide bonds. The molecule has 0 saturated carbocycles. The summed E-state index contributed by atoms with van der Waals surface area (Å²) in [5.41, 5.74) is 0.633. The summed E-state index contributed by atoms with van der Waals surface area (Å²) in [4.78, 5) is 11.7. The Morgan fingerprint density at radius 3 is 2.74 bits per heavy atom. The molecule has 1 aromatic carbocycles. The van der Waals surface area contributed by atoms with Gasteiger partial charge in [0.2, 0.25) is 5.78 Å². The number of anilines is 1. The van der Waals surface area contributed by atoms with Gasteiger partial charge in [0, 0.05) is 12.3 Å². The van der Waals surface area contributed by atoms with Crippen LogP contribution in [0, 0.1) is 6.92 Å². The molecule has 1 heterocycles. The standard InChI is InChI=1S/C14H11Cl2NO2/c1-9-5-6-13(19-9)12(18)7-8-17-11-4-2-3-10(15)14(11)16/h2-8,17H,1H3/b8-7+. The highest BCUT2D eigenvalue weighted by Gasteiger charge is 2.06. The maximum absolute atomic E-state index is 11.7. The van der Waals surface area contributed by atoms with E-state index in [0.717, 1.165) is 0 Å². The predicted molar refractivity (Wildman–Crippen MR) is 77.0 cm³/mol. The van der Waals surface area contributed by atoms with Crippen molar-refractivity contribution >= 4 is 34.7 Å². The smallest absolute Gasteiger partial charge is 0.222 e. The van der Waals surface area contributed by atoms with Crippen molar-refractivity contribution in [3.05, 3.63) is 64.2 Å². The number of carbonyl (C=O) groups is 1. The van der Waals surface area contributed by atoms with Gasteiger partial charge in [0.25, 0.3) is 0 Å². The summed E-state index contributed by atoms with van der Waals surface area (Å²) in [6, 6.07) is 8.59. The first kappa shape index (κ1) is 13.7. The molecule has 0 aliphatic heterocycles. The van der Waals surface area contributed by atoms with Crippen molar-refractivity contribution < 1.29 is 9.21 Å². The van der Waals surface area contributed by atoms with E-state index >= 15 is 0 Å². The van der Waals surface area contributed by atoms with Gasteiger partial charge in [-0.05, 0) is 31.2 Å². The molecule has 3 nitrogen and oxygen atoms in total. The van der Waals surface area contributed by atoms with Gasteiger partial charge in [-0.3, -0.25) is 4.79 Å². The average Bonchev–Trinajstić information content (AvgIpc) is 2.81. The number of aryl methyl sites for hydroxylation is 1. The van der Waals surface area contributed by atoms with Gasteiger partial charge in [-0.2, -0.15) is 0 Å². The van der Waals surface area contributed by atoms with Crippen LogP contribution in [0.15, 0.2) is 47.0 Å². The van der Waals surface area contributed by atoms with Crippen LogP contribution in [0.1, 0.15) is 16.3 Å². The fourth-order valence-corrected chi connectivity index (χ4v) is 1.83. The largest absolute Gasteiger partial charge is 0.458 e. The van der Waals surface area contributed by atoms with Crippen molar-refractivity contribution in [3.8, 4) is 0 Å². The van der Waals surface area contributed by atoms with Crippen molar-refractivity contribution in [1.82, 2.24) is 0 Å². The minimum Gasteiger partial charge on any atom is -0.458 e. The number of hydrogen-bond donors (Lipinski definition) is 1. The van der Waals surface area contributed by atoms with E-state index in [1.807, 2.05) is 0 Å². The van der Waals surface area contributed by atoms with E-state index in [1.165, 1.54) is 12.3 Å². The van der Waals surface area contributed by atoms with Crippen LogP contribution in [0.25, 0.3) is 0 Å². The lowest BCUT2D eigenvalue weighted by Crippen LogP contribution is -1.95. The maximum Gasteiger partial charge on any atom is 0.222 e. The first-order valence-corrected chi connectivity index (χ1v) is 6.31. The molecule has 98 valence electrons. The molecule has 0 aliphatic rings. The second-order valence-corrected chi connectivity index (χ2v) is 4.64. The quantitative estimate of drug-likeness (QED) is 0.656. The van der Waals surface area contributed by atoms with Crippen LogP contribution in [0.4, 0.5) is 5.69 Å². The van der Waals surface area contributed by atoms with Crippen molar-refractivity contribution in [2.24, 2.45) is 0 Å². The molecule has 1 N–H and O–H groups in total. The summed E-state index contributed by atoms with van der Waals surface area (Å²) in [5.74, 6) is 0.772. The SMILES string of the molecule is Cc1ccc(C(=O)/C=C/Nc2cccc(Cl)c2Cl)o1. The summed E-state index contributed by atoms with van der Waals surface area (Å²) in [6.07, 6.45) is 2.87. The fourth-order valence-electron chi connectivity index (χ4n) is 1.47. The highest BCUT2D eigenvalue weighted by Crippen LogP contribution is 2.29. The summed E-state index contributed by atoms with van der Waals surface area (Å²) in [5, 5.41) is 3.77. The lowest BCUT2D eigenvalue weighted by atomic mass is 10.3. The molecule has 0 fully saturated rings. The Morgan fingerprint density at radius 1 is 1.26 bits per heavy atom. The van der Waals surface area contributed by atoms with E-state index < -0.39 is 0 Å². The van der Waals surface area contributed by atoms with Crippen molar-refractivity contribution in [1.29, 1.82) is 0 Å². The summed E-state index contributed by atoms with van der Waals surface area (Å²) >= 11 is 11.9. The molecule has 5 heteroatoms. The summed E-state index contributed by atoms with van der Waals surface area (Å²) in [7, 11) is 0. The van der Waals surface area contributed by atoms with Crippen LogP contribution >= 0.6 is 23.2 Å². The highest BCUT2D eigenvalue weighted by molar-refractivity contribution is 6.43. The Bertz CT molecular complexity index is 632. The number of furan rings is 1. The fraction of sp³-hybridized carbons (Fsp3) is 0.0714. The molecule has 2 aromatic rings. The number of benzene rings is 1. The van der Waals surface area contributed by atoms with Crippen LogP contribution in [0.3, 0.4) is 0 Å². The Morgan fingerprint density at radius 2 is 2.05 bits per heavy atom. The monoisotopic (exact) mass is 295 g/mol. The number of ketones is 1. The van der Waals surface area contributed by atoms with Gasteiger partial charge in [0.15, 0.2) is 5.76 Å². The average molecular weight is 296 g/mol. The summed E-state index contributed by atoms with van der Waals surface area (Å²) in [6.45, 7) is 1.78. The van der Waals surface area contributed by atoms with Crippen molar-refractivity contribution in [2.75, 3.05) is 5.32 Å². The summed E-state index contributed by atoms with van der Waals surface area (Å²) < 4.78 is 5.22. The molecular weight excluding hydrogens is 285 g/mol. The number of allylic oxidation sites excluding steroid dienone is 1. The molecule has 0 unspecified atom stereocenters. The second-order valence-electron chi connectivity index (χ2n) is 3.85. The third-order valence-electron chi connectivity index (χ3n) is 2.41. The molecule has 1 aromatic heterocycles. The van der Waals surface area contributed by atoms with Gasteiger partial charge in [0.05, 0.1) is 15.7 Å². The Balaban J connectivity index is 2.04. The number of rotatable bonds is 4. The van der Waals surface area contributed by atoms with Crippen LogP contribution in [-0.4, -0.2) is 5.78 Å². The normalized spacial score (nSPS) is 10.9. The van der Waals surface area contributed by atoms with Gasteiger partial charge >= 0.3 is 0 Å². The lowest BCUT2D eigenvalue weighted by molar-refractivity contribution is 0.102. The molecule has 2 rings (SSSR count). The maximum atomic E-state index is 11.7. The van der Waals surface area contributed by atoms with E-state index in [9.17, 15) is 4.79 Å². The number of nitrogens with one attached hydrogen (secondary N) is 1. The van der Waals surface area contributed by atoms with Gasteiger partial charge in [-0.15, -0.1) is 0 Å². The van der Waals surface area contributed by atoms with E-state index in [0.29, 0.717) is 27.3 Å². The zero-order valence-corrected chi connectivity index (χ0v) is 11.6. The van der Waals surface area contributed by atoms with E-state index in [2.05, 4.69) is 5.32 Å². The molecule has 0 saturated heterocycles. The van der Waals surface area contributed by atoms with Gasteiger partial charge < -0.3 is 9.73 Å². The van der Waals surface area contributed by atoms with Crippen LogP contribution in [0.5, 0.6) is 0 Å². The van der Waals surface area contributed by atoms with Gasteiger partial charge in [-0.1, -0.05) is 29.3 Å². The van der Waals surface area contributed by atoms with Crippen molar-refractivity contribution in [2.45, 2.75) is 6.92 Å². The minimum absolute atomic E-state index is 0.223. The van der Waals surface area contributed by atoms with E-state index in [4.69, 9.17) is 27.6 Å². The Kier molecular flexibility index (Phi) is 4.30. The molecular formula is C14H11Cl2NO2. The first-order chi connectivity index (χ1) is 9.08.